The molecule has 0 spiro atoms. The van der Waals surface area contributed by atoms with Crippen LogP contribution in [0.15, 0.2) is 24.3 Å². The van der Waals surface area contributed by atoms with Crippen LogP contribution in [-0.4, -0.2) is 23.9 Å². The van der Waals surface area contributed by atoms with Gasteiger partial charge in [0.15, 0.2) is 0 Å². The molecule has 1 amide bonds. The Bertz CT molecular complexity index is 647. The van der Waals surface area contributed by atoms with E-state index in [1.165, 1.54) is 75.6 Å². The highest BCUT2D eigenvalue weighted by Gasteiger charge is 2.42. The van der Waals surface area contributed by atoms with E-state index in [0.717, 1.165) is 30.6 Å². The van der Waals surface area contributed by atoms with Gasteiger partial charge in [-0.3, -0.25) is 9.59 Å². The molecule has 7 heteroatoms. The average Bonchev–Trinajstić information content (AvgIpc) is 2.73. The first-order valence-corrected chi connectivity index (χ1v) is 11.8. The van der Waals surface area contributed by atoms with E-state index in [2.05, 4.69) is 6.92 Å². The zero-order chi connectivity index (χ0) is 23.1. The summed E-state index contributed by atoms with van der Waals surface area (Å²) in [6, 6.07) is 5.29. The van der Waals surface area contributed by atoms with Gasteiger partial charge in [-0.25, -0.2) is 0 Å². The molecule has 1 aromatic carbocycles. The number of unbranched alkanes of at least 4 members (excludes halogenated alkanes) is 12. The predicted molar refractivity (Wildman–Crippen MR) is 121 cm³/mol. The third-order valence-corrected chi connectivity index (χ3v) is 5.60. The number of hydrogen-bond donors (Lipinski definition) is 0. The summed E-state index contributed by atoms with van der Waals surface area (Å²) in [5.74, 6) is -1.89. The lowest BCUT2D eigenvalue weighted by atomic mass is 10.0. The molecule has 0 unspecified atom stereocenters. The van der Waals surface area contributed by atoms with Gasteiger partial charge >= 0.3 is 12.1 Å². The van der Waals surface area contributed by atoms with Gasteiger partial charge < -0.3 is 4.90 Å². The lowest BCUT2D eigenvalue weighted by molar-refractivity contribution is -0.170. The van der Waals surface area contributed by atoms with Crippen LogP contribution in [-0.2, 0) is 4.79 Å². The molecular weight excluding hydrogens is 427 g/mol. The number of benzene rings is 1. The van der Waals surface area contributed by atoms with Crippen LogP contribution in [0.1, 0.15) is 101 Å². The fraction of sp³-hybridized carbons (Fsp3) is 0.667. The summed E-state index contributed by atoms with van der Waals surface area (Å²) < 4.78 is 39.0. The quantitative estimate of drug-likeness (QED) is 0.184. The Kier molecular flexibility index (Phi) is 13.5. The number of hydrogen-bond acceptors (Lipinski definition) is 2. The largest absolute Gasteiger partial charge is 0.471 e. The minimum atomic E-state index is -4.95. The summed E-state index contributed by atoms with van der Waals surface area (Å²) in [4.78, 5) is 23.7. The maximum Gasteiger partial charge on any atom is 0.471 e. The maximum absolute atomic E-state index is 13.0. The van der Waals surface area contributed by atoms with E-state index in [1.54, 1.807) is 0 Å². The SMILES string of the molecule is CCCCCCCCCCCCCCCN(C(=O)C(F)(F)F)c1ccc(C(=O)Cl)cc1. The normalized spacial score (nSPS) is 11.5. The zero-order valence-corrected chi connectivity index (χ0v) is 19.2. The molecule has 1 aromatic rings. The van der Waals surface area contributed by atoms with E-state index in [4.69, 9.17) is 11.6 Å². The number of carbonyl (C=O) groups is 2. The van der Waals surface area contributed by atoms with E-state index >= 15 is 0 Å². The molecule has 1 rings (SSSR count). The van der Waals surface area contributed by atoms with E-state index in [9.17, 15) is 22.8 Å². The van der Waals surface area contributed by atoms with E-state index in [-0.39, 0.29) is 17.8 Å². The van der Waals surface area contributed by atoms with Crippen molar-refractivity contribution in [2.45, 2.75) is 96.6 Å². The van der Waals surface area contributed by atoms with Crippen molar-refractivity contribution in [2.75, 3.05) is 11.4 Å². The summed E-state index contributed by atoms with van der Waals surface area (Å²) in [5.41, 5.74) is 0.286. The highest BCUT2D eigenvalue weighted by Crippen LogP contribution is 2.25. The van der Waals surface area contributed by atoms with Crippen molar-refractivity contribution in [1.82, 2.24) is 0 Å². The number of amides is 1. The summed E-state index contributed by atoms with van der Waals surface area (Å²) in [6.07, 6.45) is 9.78. The smallest absolute Gasteiger partial charge is 0.305 e. The van der Waals surface area contributed by atoms with Crippen molar-refractivity contribution < 1.29 is 22.8 Å². The van der Waals surface area contributed by atoms with E-state index in [1.807, 2.05) is 0 Å². The molecule has 0 bridgehead atoms. The molecule has 0 radical (unpaired) electrons. The van der Waals surface area contributed by atoms with Crippen molar-refractivity contribution in [3.05, 3.63) is 29.8 Å². The van der Waals surface area contributed by atoms with Crippen LogP contribution >= 0.6 is 11.6 Å². The van der Waals surface area contributed by atoms with Crippen LogP contribution in [0.4, 0.5) is 18.9 Å². The van der Waals surface area contributed by atoms with Crippen LogP contribution in [0.25, 0.3) is 0 Å². The lowest BCUT2D eigenvalue weighted by Gasteiger charge is -2.24. The maximum atomic E-state index is 13.0. The van der Waals surface area contributed by atoms with Crippen molar-refractivity contribution in [1.29, 1.82) is 0 Å². The molecule has 0 aliphatic heterocycles. The molecule has 31 heavy (non-hydrogen) atoms. The third kappa shape index (κ3) is 11.6. The number of carbonyl (C=O) groups excluding carboxylic acids is 2. The summed E-state index contributed by atoms with van der Waals surface area (Å²) >= 11 is 5.37. The fourth-order valence-electron chi connectivity index (χ4n) is 3.56. The monoisotopic (exact) mass is 461 g/mol. The van der Waals surface area contributed by atoms with Gasteiger partial charge in [-0.05, 0) is 42.3 Å². The predicted octanol–water partition coefficient (Wildman–Crippen LogP) is 8.05. The Hall–Kier alpha value is -1.56. The molecule has 0 fully saturated rings. The van der Waals surface area contributed by atoms with Crippen LogP contribution in [0.3, 0.4) is 0 Å². The molecule has 176 valence electrons. The fourth-order valence-corrected chi connectivity index (χ4v) is 3.69. The Balaban J connectivity index is 2.32. The molecule has 0 saturated carbocycles. The Morgan fingerprint density at radius 3 is 1.58 bits per heavy atom. The van der Waals surface area contributed by atoms with Gasteiger partial charge in [0.05, 0.1) is 0 Å². The van der Waals surface area contributed by atoms with Crippen molar-refractivity contribution in [3.63, 3.8) is 0 Å². The van der Waals surface area contributed by atoms with Gasteiger partial charge in [0.25, 0.3) is 5.24 Å². The Morgan fingerprint density at radius 1 is 0.774 bits per heavy atom. The van der Waals surface area contributed by atoms with Crippen molar-refractivity contribution in [3.8, 4) is 0 Å². The first-order valence-electron chi connectivity index (χ1n) is 11.5. The van der Waals surface area contributed by atoms with E-state index in [0.29, 0.717) is 6.42 Å². The molecule has 0 atom stereocenters. The molecule has 0 aliphatic carbocycles. The number of alkyl halides is 3. The highest BCUT2D eigenvalue weighted by molar-refractivity contribution is 6.67. The minimum absolute atomic E-state index is 0.00965. The van der Waals surface area contributed by atoms with Crippen LogP contribution in [0.5, 0.6) is 0 Å². The number of halogens is 4. The van der Waals surface area contributed by atoms with Gasteiger partial charge in [0, 0.05) is 17.8 Å². The van der Waals surface area contributed by atoms with Gasteiger partial charge in [-0.15, -0.1) is 0 Å². The molecule has 0 heterocycles. The van der Waals surface area contributed by atoms with E-state index < -0.39 is 17.3 Å². The number of nitrogens with zero attached hydrogens (tertiary/aromatic N) is 1. The zero-order valence-electron chi connectivity index (χ0n) is 18.5. The molecule has 0 saturated heterocycles. The molecular formula is C24H35ClF3NO2. The first kappa shape index (κ1) is 27.5. The molecule has 0 aromatic heterocycles. The second-order valence-electron chi connectivity index (χ2n) is 8.02. The molecule has 3 nitrogen and oxygen atoms in total. The topological polar surface area (TPSA) is 37.4 Å². The van der Waals surface area contributed by atoms with Gasteiger partial charge in [-0.1, -0.05) is 84.0 Å². The first-order chi connectivity index (χ1) is 14.8. The van der Waals surface area contributed by atoms with Gasteiger partial charge in [0.1, 0.15) is 0 Å². The molecule has 0 aliphatic rings. The lowest BCUT2D eigenvalue weighted by Crippen LogP contribution is -2.41. The van der Waals surface area contributed by atoms with Crippen LogP contribution in [0.2, 0.25) is 0 Å². The second kappa shape index (κ2) is 15.3. The Labute approximate surface area is 189 Å². The summed E-state index contributed by atoms with van der Waals surface area (Å²) in [5, 5.41) is -0.697. The van der Waals surface area contributed by atoms with Crippen molar-refractivity contribution in [2.24, 2.45) is 0 Å². The van der Waals surface area contributed by atoms with Crippen molar-refractivity contribution >= 4 is 28.4 Å². The standard InChI is InChI=1S/C24H35ClF3NO2/c1-2-3-4-5-6-7-8-9-10-11-12-13-14-19-29(23(31)24(26,27)28)21-17-15-20(16-18-21)22(25)30/h15-18H,2-14,19H2,1H3. The van der Waals surface area contributed by atoms with Crippen LogP contribution < -0.4 is 4.90 Å². The summed E-state index contributed by atoms with van der Waals surface area (Å²) in [7, 11) is 0. The van der Waals surface area contributed by atoms with Crippen LogP contribution in [0, 0.1) is 0 Å². The second-order valence-corrected chi connectivity index (χ2v) is 8.36. The average molecular weight is 462 g/mol. The van der Waals surface area contributed by atoms with Gasteiger partial charge in [-0.2, -0.15) is 13.2 Å². The van der Waals surface area contributed by atoms with Gasteiger partial charge in [0.2, 0.25) is 0 Å². The minimum Gasteiger partial charge on any atom is -0.305 e. The number of anilines is 1. The summed E-state index contributed by atoms with van der Waals surface area (Å²) in [6.45, 7) is 2.21. The number of rotatable bonds is 16. The third-order valence-electron chi connectivity index (χ3n) is 5.38. The Morgan fingerprint density at radius 2 is 1.19 bits per heavy atom. The highest BCUT2D eigenvalue weighted by atomic mass is 35.5. The molecule has 0 N–H and O–H groups in total.